The third kappa shape index (κ3) is 5.77. The molecule has 8 heterocycles. The van der Waals surface area contributed by atoms with Gasteiger partial charge in [0, 0.05) is 43.1 Å². The number of ether oxygens (including phenoxy) is 6. The fourth-order valence-corrected chi connectivity index (χ4v) is 11.1. The van der Waals surface area contributed by atoms with Crippen LogP contribution in [0.1, 0.15) is 92.9 Å². The molecule has 4 bridgehead atoms. The molecule has 2 saturated carbocycles. The molecule has 280 valence electrons. The quantitative estimate of drug-likeness (QED) is 0.286. The predicted octanol–water partition coefficient (Wildman–Crippen LogP) is 3.75. The first-order chi connectivity index (χ1) is 23.4. The third-order valence-electron chi connectivity index (χ3n) is 14.0. The topological polar surface area (TPSA) is 145 Å². The number of nitrogens with one attached hydrogen (secondary N) is 1. The van der Waals surface area contributed by atoms with Crippen molar-refractivity contribution >= 4 is 0 Å². The largest absolute Gasteiger partial charge is 0.394 e. The predicted molar refractivity (Wildman–Crippen MR) is 170 cm³/mol. The van der Waals surface area contributed by atoms with E-state index in [2.05, 4.69) is 33.0 Å². The first kappa shape index (κ1) is 35.5. The van der Waals surface area contributed by atoms with Crippen molar-refractivity contribution in [1.29, 1.82) is 0 Å². The maximum absolute atomic E-state index is 10.2. The zero-order valence-electron chi connectivity index (χ0n) is 30.0. The van der Waals surface area contributed by atoms with Crippen molar-refractivity contribution in [2.24, 2.45) is 47.3 Å². The first-order valence-electron chi connectivity index (χ1n) is 19.1. The smallest absolute Gasteiger partial charge is 0.201 e. The summed E-state index contributed by atoms with van der Waals surface area (Å²) in [7, 11) is 0. The Morgan fingerprint density at radius 2 is 1.14 bits per heavy atom. The van der Waals surface area contributed by atoms with Gasteiger partial charge in [0.1, 0.15) is 0 Å². The molecule has 49 heavy (non-hydrogen) atoms. The molecule has 13 heteroatoms. The van der Waals surface area contributed by atoms with Gasteiger partial charge in [0.15, 0.2) is 36.4 Å². The molecule has 10 rings (SSSR count). The monoisotopic (exact) mass is 697 g/mol. The highest BCUT2D eigenvalue weighted by Gasteiger charge is 2.71. The van der Waals surface area contributed by atoms with Gasteiger partial charge in [0.25, 0.3) is 0 Å². The fraction of sp³-hybridized carbons (Fsp3) is 1.00. The minimum atomic E-state index is -0.917. The molecule has 3 unspecified atom stereocenters. The molecule has 2 spiro atoms. The van der Waals surface area contributed by atoms with Crippen molar-refractivity contribution in [3.05, 3.63) is 0 Å². The van der Waals surface area contributed by atoms with Crippen LogP contribution in [0.25, 0.3) is 0 Å². The van der Waals surface area contributed by atoms with Crippen molar-refractivity contribution in [2.45, 2.75) is 153 Å². The van der Waals surface area contributed by atoms with Crippen LogP contribution in [0.4, 0.5) is 0 Å². The van der Waals surface area contributed by atoms with Crippen LogP contribution in [0.3, 0.4) is 0 Å². The number of hydrogen-bond acceptors (Lipinski definition) is 13. The summed E-state index contributed by atoms with van der Waals surface area (Å²) in [5, 5.41) is 23.1. The molecule has 18 atom stereocenters. The highest BCUT2D eigenvalue weighted by atomic mass is 17.3. The van der Waals surface area contributed by atoms with Gasteiger partial charge in [-0.2, -0.15) is 0 Å². The summed E-state index contributed by atoms with van der Waals surface area (Å²) in [4.78, 5) is 24.5. The van der Waals surface area contributed by atoms with Gasteiger partial charge in [0.2, 0.25) is 11.6 Å². The van der Waals surface area contributed by atoms with Crippen molar-refractivity contribution in [3.8, 4) is 0 Å². The lowest BCUT2D eigenvalue weighted by molar-refractivity contribution is -0.577. The van der Waals surface area contributed by atoms with Crippen LogP contribution in [0, 0.1) is 47.3 Å². The normalized spacial score (nSPS) is 54.4. The van der Waals surface area contributed by atoms with Crippen LogP contribution in [-0.2, 0) is 48.0 Å². The number of fused-ring (bicyclic) bond motifs is 4. The molecule has 13 nitrogen and oxygen atoms in total. The van der Waals surface area contributed by atoms with E-state index >= 15 is 0 Å². The van der Waals surface area contributed by atoms with E-state index in [0.29, 0.717) is 11.8 Å². The zero-order chi connectivity index (χ0) is 34.3. The molecule has 2 aliphatic carbocycles. The molecular formula is C36H59NO12. The minimum absolute atomic E-state index is 0.0245. The second-order valence-electron chi connectivity index (χ2n) is 17.2. The van der Waals surface area contributed by atoms with Crippen molar-refractivity contribution < 1.29 is 58.2 Å². The molecule has 8 saturated heterocycles. The highest BCUT2D eigenvalue weighted by Crippen LogP contribution is 2.62. The second kappa shape index (κ2) is 13.1. The SMILES string of the molecule is C[C@H]1[C@@H](OCC(CO[C@H]2O[C@@H]3O[C@@]4(C)CC[C@H]5[C@H](C)CC[C@@H]([C@H]2C)[C@@]35OO4)NCC(O)CO)OC2O[C@@]3(C)CC[C@H]4[C@H](C)CC[C@@H]1[C@@]24OO3. The average molecular weight is 698 g/mol. The van der Waals surface area contributed by atoms with Crippen molar-refractivity contribution in [3.63, 3.8) is 0 Å². The summed E-state index contributed by atoms with van der Waals surface area (Å²) in [6, 6.07) is -0.329. The Morgan fingerprint density at radius 3 is 1.59 bits per heavy atom. The van der Waals surface area contributed by atoms with Crippen LogP contribution in [0.5, 0.6) is 0 Å². The summed E-state index contributed by atoms with van der Waals surface area (Å²) in [5.41, 5.74) is -1.32. The number of aliphatic hydroxyl groups is 2. The molecule has 10 aliphatic rings. The Balaban J connectivity index is 0.964. The minimum Gasteiger partial charge on any atom is -0.394 e. The van der Waals surface area contributed by atoms with E-state index in [9.17, 15) is 10.2 Å². The van der Waals surface area contributed by atoms with Crippen LogP contribution in [-0.4, -0.2) is 96.7 Å². The Bertz CT molecular complexity index is 1120. The van der Waals surface area contributed by atoms with Gasteiger partial charge in [-0.25, -0.2) is 19.6 Å². The van der Waals surface area contributed by atoms with Crippen molar-refractivity contribution in [2.75, 3.05) is 26.4 Å². The number of aliphatic hydroxyl groups excluding tert-OH is 2. The molecule has 10 fully saturated rings. The fourth-order valence-electron chi connectivity index (χ4n) is 11.1. The molecule has 0 radical (unpaired) electrons. The lowest BCUT2D eigenvalue weighted by Gasteiger charge is -2.60. The van der Waals surface area contributed by atoms with Gasteiger partial charge in [-0.1, -0.05) is 27.7 Å². The van der Waals surface area contributed by atoms with Gasteiger partial charge in [-0.05, 0) is 76.0 Å². The number of hydrogen-bond donors (Lipinski definition) is 3. The van der Waals surface area contributed by atoms with E-state index in [4.69, 9.17) is 48.0 Å². The Kier molecular flexibility index (Phi) is 9.49. The maximum Gasteiger partial charge on any atom is 0.201 e. The molecule has 0 aromatic rings. The summed E-state index contributed by atoms with van der Waals surface area (Å²) < 4.78 is 39.5. The van der Waals surface area contributed by atoms with E-state index in [0.717, 1.165) is 51.4 Å². The van der Waals surface area contributed by atoms with E-state index < -0.39 is 54.0 Å². The van der Waals surface area contributed by atoms with Crippen LogP contribution < -0.4 is 5.32 Å². The Hall–Kier alpha value is -0.520. The lowest BCUT2D eigenvalue weighted by atomic mass is 9.58. The first-order valence-corrected chi connectivity index (χ1v) is 19.1. The van der Waals surface area contributed by atoms with Crippen LogP contribution in [0.15, 0.2) is 0 Å². The number of rotatable bonds is 10. The van der Waals surface area contributed by atoms with Gasteiger partial charge in [0.05, 0.1) is 32.0 Å². The highest BCUT2D eigenvalue weighted by molar-refractivity contribution is 5.10. The summed E-state index contributed by atoms with van der Waals surface area (Å²) >= 11 is 0. The Morgan fingerprint density at radius 1 is 0.673 bits per heavy atom. The summed E-state index contributed by atoms with van der Waals surface area (Å²) in [6.45, 7) is 13.1. The lowest BCUT2D eigenvalue weighted by Crippen LogP contribution is -2.70. The summed E-state index contributed by atoms with van der Waals surface area (Å²) in [5.74, 6) is 0.130. The molecule has 8 aliphatic heterocycles. The summed E-state index contributed by atoms with van der Waals surface area (Å²) in [6.07, 6.45) is 4.44. The molecule has 0 amide bonds. The van der Waals surface area contributed by atoms with E-state index in [1.807, 2.05) is 13.8 Å². The van der Waals surface area contributed by atoms with Gasteiger partial charge in [-0.15, -0.1) is 0 Å². The zero-order valence-corrected chi connectivity index (χ0v) is 30.0. The standard InChI is InChI=1S/C36H59NO12/c1-19-7-9-27-21(3)29(42-31-35(27)25(19)11-13-33(5,44-31)46-48-35)40-17-23(37-15-24(39)16-38)18-41-30-22(4)28-10-8-20(2)26-12-14-34(6)45-32(43-30)36(26,28)49-47-34/h19-32,37-39H,7-18H2,1-6H3/t19-,20-,21-,22-,23?,24?,25+,26+,27+,28+,29+,30+,31-,32?,33-,34-,35-,36-/m1/s1. The van der Waals surface area contributed by atoms with Crippen LogP contribution in [0.2, 0.25) is 0 Å². The molecular weight excluding hydrogens is 638 g/mol. The van der Waals surface area contributed by atoms with Gasteiger partial charge < -0.3 is 44.0 Å². The third-order valence-corrected chi connectivity index (χ3v) is 14.0. The average Bonchev–Trinajstić information content (AvgIpc) is 3.46. The van der Waals surface area contributed by atoms with Gasteiger partial charge >= 0.3 is 0 Å². The molecule has 3 N–H and O–H groups in total. The molecule has 0 aromatic carbocycles. The molecule has 0 aromatic heterocycles. The Labute approximate surface area is 290 Å². The van der Waals surface area contributed by atoms with Gasteiger partial charge in [-0.3, -0.25) is 0 Å². The van der Waals surface area contributed by atoms with E-state index in [1.165, 1.54) is 0 Å². The van der Waals surface area contributed by atoms with Crippen molar-refractivity contribution in [1.82, 2.24) is 5.32 Å². The second-order valence-corrected chi connectivity index (χ2v) is 17.2. The van der Waals surface area contributed by atoms with E-state index in [1.54, 1.807) is 0 Å². The van der Waals surface area contributed by atoms with Crippen LogP contribution >= 0.6 is 0 Å². The maximum atomic E-state index is 10.2. The van der Waals surface area contributed by atoms with E-state index in [-0.39, 0.29) is 67.9 Å².